The minimum atomic E-state index is -0.138. The zero-order valence-electron chi connectivity index (χ0n) is 15.4. The molecule has 0 aliphatic carbocycles. The Labute approximate surface area is 149 Å². The Morgan fingerprint density at radius 1 is 1.00 bits per heavy atom. The first-order chi connectivity index (χ1) is 11.9. The van der Waals surface area contributed by atoms with Crippen molar-refractivity contribution in [1.82, 2.24) is 5.32 Å². The van der Waals surface area contributed by atoms with E-state index in [1.54, 1.807) is 20.3 Å². The fourth-order valence-electron chi connectivity index (χ4n) is 2.51. The first-order valence-corrected chi connectivity index (χ1v) is 8.22. The van der Waals surface area contributed by atoms with Crippen molar-refractivity contribution in [3.05, 3.63) is 64.7 Å². The molecule has 2 aromatic carbocycles. The van der Waals surface area contributed by atoms with E-state index in [2.05, 4.69) is 31.3 Å². The number of carbonyl (C=O) groups excluding carboxylic acids is 1. The second kappa shape index (κ2) is 8.38. The number of aryl methyl sites for hydroxylation is 2. The van der Waals surface area contributed by atoms with Gasteiger partial charge in [0.1, 0.15) is 0 Å². The fourth-order valence-corrected chi connectivity index (χ4v) is 2.51. The van der Waals surface area contributed by atoms with Crippen LogP contribution in [0.5, 0.6) is 11.5 Å². The molecule has 0 fully saturated rings. The molecule has 0 aliphatic rings. The van der Waals surface area contributed by atoms with Gasteiger partial charge in [-0.15, -0.1) is 0 Å². The highest BCUT2D eigenvalue weighted by molar-refractivity contribution is 5.92. The van der Waals surface area contributed by atoms with E-state index in [4.69, 9.17) is 9.47 Å². The first kappa shape index (κ1) is 18.6. The van der Waals surface area contributed by atoms with Gasteiger partial charge >= 0.3 is 0 Å². The number of amides is 1. The van der Waals surface area contributed by atoms with Crippen LogP contribution in [0.2, 0.25) is 0 Å². The Kier molecular flexibility index (Phi) is 6.23. The summed E-state index contributed by atoms with van der Waals surface area (Å²) >= 11 is 0. The van der Waals surface area contributed by atoms with Crippen molar-refractivity contribution >= 4 is 12.0 Å². The molecule has 0 aliphatic heterocycles. The molecular formula is C21H25NO3. The lowest BCUT2D eigenvalue weighted by Crippen LogP contribution is -2.24. The van der Waals surface area contributed by atoms with E-state index >= 15 is 0 Å². The van der Waals surface area contributed by atoms with E-state index in [0.717, 1.165) is 11.1 Å². The molecule has 0 radical (unpaired) electrons. The van der Waals surface area contributed by atoms with Crippen molar-refractivity contribution in [3.63, 3.8) is 0 Å². The lowest BCUT2D eigenvalue weighted by atomic mass is 10.0. The quantitative estimate of drug-likeness (QED) is 0.802. The summed E-state index contributed by atoms with van der Waals surface area (Å²) in [5.74, 6) is 1.15. The minimum absolute atomic E-state index is 0.0538. The lowest BCUT2D eigenvalue weighted by Gasteiger charge is -2.14. The summed E-state index contributed by atoms with van der Waals surface area (Å²) in [5.41, 5.74) is 4.43. The van der Waals surface area contributed by atoms with Crippen LogP contribution in [0.4, 0.5) is 0 Å². The van der Waals surface area contributed by atoms with Gasteiger partial charge in [-0.3, -0.25) is 4.79 Å². The number of hydrogen-bond acceptors (Lipinski definition) is 3. The van der Waals surface area contributed by atoms with E-state index in [-0.39, 0.29) is 11.9 Å². The van der Waals surface area contributed by atoms with E-state index < -0.39 is 0 Å². The van der Waals surface area contributed by atoms with Crippen molar-refractivity contribution in [3.8, 4) is 11.5 Å². The average Bonchev–Trinajstić information content (AvgIpc) is 2.61. The topological polar surface area (TPSA) is 47.6 Å². The van der Waals surface area contributed by atoms with Crippen LogP contribution in [0.15, 0.2) is 42.5 Å². The normalized spacial score (nSPS) is 12.0. The molecule has 4 heteroatoms. The van der Waals surface area contributed by atoms with Crippen LogP contribution in [-0.2, 0) is 4.79 Å². The Morgan fingerprint density at radius 3 is 2.36 bits per heavy atom. The number of hydrogen-bond donors (Lipinski definition) is 1. The third-order valence-electron chi connectivity index (χ3n) is 4.22. The molecule has 0 unspecified atom stereocenters. The molecule has 25 heavy (non-hydrogen) atoms. The molecule has 1 amide bonds. The van der Waals surface area contributed by atoms with Crippen molar-refractivity contribution in [2.75, 3.05) is 14.2 Å². The molecular weight excluding hydrogens is 314 g/mol. The number of ether oxygens (including phenoxy) is 2. The monoisotopic (exact) mass is 339 g/mol. The highest BCUT2D eigenvalue weighted by Gasteiger charge is 2.09. The van der Waals surface area contributed by atoms with Crippen LogP contribution >= 0.6 is 0 Å². The molecule has 2 aromatic rings. The molecule has 0 bridgehead atoms. The summed E-state index contributed by atoms with van der Waals surface area (Å²) in [6.45, 7) is 6.13. The molecule has 1 N–H and O–H groups in total. The highest BCUT2D eigenvalue weighted by atomic mass is 16.5. The highest BCUT2D eigenvalue weighted by Crippen LogP contribution is 2.28. The standard InChI is InChI=1S/C21H25NO3/c1-14-6-9-18(12-15(14)2)16(3)22-21(23)11-8-17-7-10-19(24-4)20(13-17)25-5/h6-13,16H,1-5H3,(H,22,23)/b11-8+/t16-/m1/s1. The second-order valence-electron chi connectivity index (χ2n) is 6.02. The summed E-state index contributed by atoms with van der Waals surface area (Å²) in [6, 6.07) is 11.7. The molecule has 1 atom stereocenters. The number of carbonyl (C=O) groups is 1. The van der Waals surface area contributed by atoms with Crippen molar-refractivity contribution in [2.24, 2.45) is 0 Å². The van der Waals surface area contributed by atoms with Gasteiger partial charge in [0.2, 0.25) is 5.91 Å². The number of rotatable bonds is 6. The van der Waals surface area contributed by atoms with Gasteiger partial charge in [-0.05, 0) is 61.2 Å². The van der Waals surface area contributed by atoms with Gasteiger partial charge in [-0.1, -0.05) is 24.3 Å². The lowest BCUT2D eigenvalue weighted by molar-refractivity contribution is -0.117. The summed E-state index contributed by atoms with van der Waals surface area (Å²) in [5, 5.41) is 2.98. The van der Waals surface area contributed by atoms with E-state index in [1.807, 2.05) is 31.2 Å². The van der Waals surface area contributed by atoms with Crippen LogP contribution in [0, 0.1) is 13.8 Å². The zero-order chi connectivity index (χ0) is 18.4. The van der Waals surface area contributed by atoms with Crippen LogP contribution in [0.3, 0.4) is 0 Å². The Morgan fingerprint density at radius 2 is 1.72 bits per heavy atom. The first-order valence-electron chi connectivity index (χ1n) is 8.22. The third kappa shape index (κ3) is 4.86. The molecule has 2 rings (SSSR count). The number of methoxy groups -OCH3 is 2. The molecule has 132 valence electrons. The molecule has 0 heterocycles. The van der Waals surface area contributed by atoms with Gasteiger partial charge in [0, 0.05) is 6.08 Å². The summed E-state index contributed by atoms with van der Waals surface area (Å²) in [6.07, 6.45) is 3.28. The van der Waals surface area contributed by atoms with Crippen molar-refractivity contribution < 1.29 is 14.3 Å². The minimum Gasteiger partial charge on any atom is -0.493 e. The maximum absolute atomic E-state index is 12.2. The number of benzene rings is 2. The van der Waals surface area contributed by atoms with E-state index in [9.17, 15) is 4.79 Å². The SMILES string of the molecule is COc1ccc(/C=C/C(=O)N[C@H](C)c2ccc(C)c(C)c2)cc1OC. The van der Waals surface area contributed by atoms with Crippen molar-refractivity contribution in [1.29, 1.82) is 0 Å². The predicted molar refractivity (Wildman–Crippen MR) is 101 cm³/mol. The van der Waals surface area contributed by atoms with Crippen LogP contribution in [0.1, 0.15) is 35.2 Å². The summed E-state index contributed by atoms with van der Waals surface area (Å²) < 4.78 is 10.5. The molecule has 0 spiro atoms. The van der Waals surface area contributed by atoms with Gasteiger partial charge in [0.15, 0.2) is 11.5 Å². The maximum Gasteiger partial charge on any atom is 0.244 e. The van der Waals surface area contributed by atoms with Crippen LogP contribution < -0.4 is 14.8 Å². The smallest absolute Gasteiger partial charge is 0.244 e. The van der Waals surface area contributed by atoms with Crippen molar-refractivity contribution in [2.45, 2.75) is 26.8 Å². The van der Waals surface area contributed by atoms with Gasteiger partial charge in [-0.2, -0.15) is 0 Å². The van der Waals surface area contributed by atoms with Crippen LogP contribution in [-0.4, -0.2) is 20.1 Å². The summed E-state index contributed by atoms with van der Waals surface area (Å²) in [7, 11) is 3.18. The Balaban J connectivity index is 2.03. The van der Waals surface area contributed by atoms with E-state index in [1.165, 1.54) is 17.2 Å². The number of nitrogens with one attached hydrogen (secondary N) is 1. The van der Waals surface area contributed by atoms with Gasteiger partial charge in [0.05, 0.1) is 20.3 Å². The summed E-state index contributed by atoms with van der Waals surface area (Å²) in [4.78, 5) is 12.2. The van der Waals surface area contributed by atoms with Crippen LogP contribution in [0.25, 0.3) is 6.08 Å². The predicted octanol–water partition coefficient (Wildman–Crippen LogP) is 4.21. The van der Waals surface area contributed by atoms with E-state index in [0.29, 0.717) is 11.5 Å². The Bertz CT molecular complexity index is 781. The van der Waals surface area contributed by atoms with Gasteiger partial charge < -0.3 is 14.8 Å². The van der Waals surface area contributed by atoms with Gasteiger partial charge in [0.25, 0.3) is 0 Å². The molecule has 4 nitrogen and oxygen atoms in total. The fraction of sp³-hybridized carbons (Fsp3) is 0.286. The maximum atomic E-state index is 12.2. The zero-order valence-corrected chi connectivity index (χ0v) is 15.4. The largest absolute Gasteiger partial charge is 0.493 e. The third-order valence-corrected chi connectivity index (χ3v) is 4.22. The molecule has 0 aromatic heterocycles. The average molecular weight is 339 g/mol. The molecule has 0 saturated heterocycles. The second-order valence-corrected chi connectivity index (χ2v) is 6.02. The Hall–Kier alpha value is -2.75. The van der Waals surface area contributed by atoms with Gasteiger partial charge in [-0.25, -0.2) is 0 Å². The molecule has 0 saturated carbocycles.